The molecule has 0 radical (unpaired) electrons. The van der Waals surface area contributed by atoms with Gasteiger partial charge in [0, 0.05) is 26.7 Å². The predicted octanol–water partition coefficient (Wildman–Crippen LogP) is 2.10. The Labute approximate surface area is 105 Å². The molecule has 0 spiro atoms. The highest BCUT2D eigenvalue weighted by molar-refractivity contribution is 5.74. The summed E-state index contributed by atoms with van der Waals surface area (Å²) in [6.07, 6.45) is 3.61. The van der Waals surface area contributed by atoms with Crippen LogP contribution < -0.4 is 5.32 Å². The first-order valence-electron chi connectivity index (χ1n) is 6.56. The molecule has 0 aromatic rings. The number of urea groups is 1. The minimum absolute atomic E-state index is 0.0213. The van der Waals surface area contributed by atoms with Gasteiger partial charge in [0.25, 0.3) is 0 Å². The highest BCUT2D eigenvalue weighted by Gasteiger charge is 2.28. The first-order valence-corrected chi connectivity index (χ1v) is 6.56. The Morgan fingerprint density at radius 1 is 1.41 bits per heavy atom. The van der Waals surface area contributed by atoms with E-state index in [1.165, 1.54) is 12.8 Å². The summed E-state index contributed by atoms with van der Waals surface area (Å²) < 4.78 is 4.97. The molecule has 4 nitrogen and oxygen atoms in total. The van der Waals surface area contributed by atoms with Crippen LogP contribution in [0.25, 0.3) is 0 Å². The standard InChI is InChI=1S/C13H26N2O2/c1-10-6-5-7-12(11(10)2)14-13(16)15(3)8-9-17-4/h10-12H,5-9H2,1-4H3,(H,14,16)/t10-,11-,12+/m0/s1. The van der Waals surface area contributed by atoms with E-state index in [9.17, 15) is 4.79 Å². The zero-order chi connectivity index (χ0) is 12.8. The molecular formula is C13H26N2O2. The van der Waals surface area contributed by atoms with Gasteiger partial charge >= 0.3 is 6.03 Å². The third-order valence-corrected chi connectivity index (χ3v) is 3.99. The number of amides is 2. The fraction of sp³-hybridized carbons (Fsp3) is 0.923. The lowest BCUT2D eigenvalue weighted by Gasteiger charge is -2.35. The zero-order valence-corrected chi connectivity index (χ0v) is 11.5. The highest BCUT2D eigenvalue weighted by atomic mass is 16.5. The fourth-order valence-corrected chi connectivity index (χ4v) is 2.38. The van der Waals surface area contributed by atoms with Crippen LogP contribution in [0, 0.1) is 11.8 Å². The molecule has 0 aliphatic heterocycles. The second-order valence-electron chi connectivity index (χ2n) is 5.24. The molecule has 100 valence electrons. The molecule has 0 heterocycles. The van der Waals surface area contributed by atoms with E-state index in [0.717, 1.165) is 6.42 Å². The van der Waals surface area contributed by atoms with Crippen molar-refractivity contribution >= 4 is 6.03 Å². The Kier molecular flexibility index (Phi) is 5.75. The van der Waals surface area contributed by atoms with Crippen LogP contribution in [0.15, 0.2) is 0 Å². The maximum Gasteiger partial charge on any atom is 0.317 e. The lowest BCUT2D eigenvalue weighted by molar-refractivity contribution is 0.148. The monoisotopic (exact) mass is 242 g/mol. The number of hydrogen-bond acceptors (Lipinski definition) is 2. The molecule has 0 saturated heterocycles. The van der Waals surface area contributed by atoms with Gasteiger partial charge in [-0.3, -0.25) is 0 Å². The smallest absolute Gasteiger partial charge is 0.317 e. The lowest BCUT2D eigenvalue weighted by Crippen LogP contribution is -2.48. The molecule has 3 atom stereocenters. The molecule has 0 aromatic carbocycles. The van der Waals surface area contributed by atoms with Crippen molar-refractivity contribution in [3.63, 3.8) is 0 Å². The highest BCUT2D eigenvalue weighted by Crippen LogP contribution is 2.29. The van der Waals surface area contributed by atoms with Crippen molar-refractivity contribution in [1.29, 1.82) is 0 Å². The molecule has 17 heavy (non-hydrogen) atoms. The first kappa shape index (κ1) is 14.3. The minimum atomic E-state index is 0.0213. The van der Waals surface area contributed by atoms with Gasteiger partial charge in [-0.15, -0.1) is 0 Å². The van der Waals surface area contributed by atoms with Crippen LogP contribution in [-0.2, 0) is 4.74 Å². The Morgan fingerprint density at radius 2 is 2.12 bits per heavy atom. The van der Waals surface area contributed by atoms with Crippen molar-refractivity contribution in [2.45, 2.75) is 39.2 Å². The Bertz CT molecular complexity index is 246. The van der Waals surface area contributed by atoms with Gasteiger partial charge in [-0.2, -0.15) is 0 Å². The van der Waals surface area contributed by atoms with Crippen molar-refractivity contribution in [2.75, 3.05) is 27.3 Å². The third kappa shape index (κ3) is 4.19. The number of hydrogen-bond donors (Lipinski definition) is 1. The molecule has 0 bridgehead atoms. The summed E-state index contributed by atoms with van der Waals surface area (Å²) in [5, 5.41) is 3.14. The Morgan fingerprint density at radius 3 is 2.76 bits per heavy atom. The summed E-state index contributed by atoms with van der Waals surface area (Å²) in [4.78, 5) is 13.6. The van der Waals surface area contributed by atoms with E-state index in [-0.39, 0.29) is 6.03 Å². The van der Waals surface area contributed by atoms with Crippen LogP contribution in [-0.4, -0.2) is 44.3 Å². The molecule has 1 saturated carbocycles. The summed E-state index contributed by atoms with van der Waals surface area (Å²) >= 11 is 0. The number of nitrogens with one attached hydrogen (secondary N) is 1. The quantitative estimate of drug-likeness (QED) is 0.820. The van der Waals surface area contributed by atoms with Gasteiger partial charge in [-0.1, -0.05) is 26.7 Å². The maximum atomic E-state index is 11.9. The van der Waals surface area contributed by atoms with E-state index in [1.54, 1.807) is 12.0 Å². The number of carbonyl (C=O) groups is 1. The van der Waals surface area contributed by atoms with Crippen molar-refractivity contribution in [2.24, 2.45) is 11.8 Å². The number of likely N-dealkylation sites (N-methyl/N-ethyl adjacent to an activating group) is 1. The minimum Gasteiger partial charge on any atom is -0.383 e. The molecule has 1 aliphatic carbocycles. The molecule has 4 heteroatoms. The summed E-state index contributed by atoms with van der Waals surface area (Å²) in [6, 6.07) is 0.351. The van der Waals surface area contributed by atoms with Crippen molar-refractivity contribution in [3.8, 4) is 0 Å². The number of carbonyl (C=O) groups excluding carboxylic acids is 1. The predicted molar refractivity (Wildman–Crippen MR) is 69.0 cm³/mol. The third-order valence-electron chi connectivity index (χ3n) is 3.99. The van der Waals surface area contributed by atoms with Gasteiger partial charge in [0.05, 0.1) is 6.61 Å². The average Bonchev–Trinajstić information content (AvgIpc) is 2.31. The van der Waals surface area contributed by atoms with Gasteiger partial charge < -0.3 is 15.0 Å². The lowest BCUT2D eigenvalue weighted by atomic mass is 9.78. The molecular weight excluding hydrogens is 216 g/mol. The number of nitrogens with zero attached hydrogens (tertiary/aromatic N) is 1. The molecule has 1 aliphatic rings. The summed E-state index contributed by atoms with van der Waals surface area (Å²) in [6.45, 7) is 5.74. The van der Waals surface area contributed by atoms with Crippen LogP contribution >= 0.6 is 0 Å². The summed E-state index contributed by atoms with van der Waals surface area (Å²) in [5.41, 5.74) is 0. The van der Waals surface area contributed by atoms with E-state index in [4.69, 9.17) is 4.74 Å². The zero-order valence-electron chi connectivity index (χ0n) is 11.5. The average molecular weight is 242 g/mol. The van der Waals surface area contributed by atoms with E-state index in [1.807, 2.05) is 7.05 Å². The molecule has 0 aromatic heterocycles. The summed E-state index contributed by atoms with van der Waals surface area (Å²) in [7, 11) is 3.46. The van der Waals surface area contributed by atoms with Crippen LogP contribution in [0.5, 0.6) is 0 Å². The summed E-state index contributed by atoms with van der Waals surface area (Å²) in [5.74, 6) is 1.28. The van der Waals surface area contributed by atoms with E-state index < -0.39 is 0 Å². The van der Waals surface area contributed by atoms with Gasteiger partial charge in [-0.25, -0.2) is 4.79 Å². The Hall–Kier alpha value is -0.770. The molecule has 0 unspecified atom stereocenters. The van der Waals surface area contributed by atoms with E-state index >= 15 is 0 Å². The van der Waals surface area contributed by atoms with Crippen LogP contribution in [0.2, 0.25) is 0 Å². The second kappa shape index (κ2) is 6.84. The van der Waals surface area contributed by atoms with Crippen molar-refractivity contribution in [1.82, 2.24) is 10.2 Å². The van der Waals surface area contributed by atoms with E-state index in [0.29, 0.717) is 31.0 Å². The molecule has 1 rings (SSSR count). The topological polar surface area (TPSA) is 41.6 Å². The second-order valence-corrected chi connectivity index (χ2v) is 5.24. The van der Waals surface area contributed by atoms with Gasteiger partial charge in [0.2, 0.25) is 0 Å². The van der Waals surface area contributed by atoms with Crippen molar-refractivity contribution in [3.05, 3.63) is 0 Å². The molecule has 1 N–H and O–H groups in total. The van der Waals surface area contributed by atoms with Crippen LogP contribution in [0.1, 0.15) is 33.1 Å². The Balaban J connectivity index is 2.39. The SMILES string of the molecule is COCCN(C)C(=O)N[C@@H]1CCC[C@H](C)[C@@H]1C. The van der Waals surface area contributed by atoms with Crippen LogP contribution in [0.3, 0.4) is 0 Å². The fourth-order valence-electron chi connectivity index (χ4n) is 2.38. The normalized spacial score (nSPS) is 28.8. The van der Waals surface area contributed by atoms with Gasteiger partial charge in [0.1, 0.15) is 0 Å². The number of ether oxygens (including phenoxy) is 1. The molecule has 1 fully saturated rings. The molecule has 2 amide bonds. The number of methoxy groups -OCH3 is 1. The van der Waals surface area contributed by atoms with Gasteiger partial charge in [-0.05, 0) is 18.3 Å². The van der Waals surface area contributed by atoms with Crippen LogP contribution in [0.4, 0.5) is 4.79 Å². The largest absolute Gasteiger partial charge is 0.383 e. The van der Waals surface area contributed by atoms with Crippen molar-refractivity contribution < 1.29 is 9.53 Å². The van der Waals surface area contributed by atoms with Gasteiger partial charge in [0.15, 0.2) is 0 Å². The van der Waals surface area contributed by atoms with E-state index in [2.05, 4.69) is 19.2 Å². The first-order chi connectivity index (χ1) is 8.06. The number of rotatable bonds is 4. The maximum absolute atomic E-state index is 11.9.